The van der Waals surface area contributed by atoms with Crippen molar-refractivity contribution in [3.8, 4) is 6.07 Å². The normalized spacial score (nSPS) is 16.2. The van der Waals surface area contributed by atoms with Gasteiger partial charge in [0.2, 0.25) is 0 Å². The minimum atomic E-state index is 0.769. The minimum absolute atomic E-state index is 0.769. The highest BCUT2D eigenvalue weighted by Gasteiger charge is 2.14. The third kappa shape index (κ3) is 3.24. The highest BCUT2D eigenvalue weighted by atomic mass is 15.1. The number of hydrogen-bond acceptors (Lipinski definition) is 3. The Kier molecular flexibility index (Phi) is 4.60. The molecule has 0 aliphatic carbocycles. The average molecular weight is 243 g/mol. The van der Waals surface area contributed by atoms with E-state index >= 15 is 0 Å². The molecule has 0 atom stereocenters. The average Bonchev–Trinajstić information content (AvgIpc) is 2.45. The summed E-state index contributed by atoms with van der Waals surface area (Å²) in [6.45, 7) is 3.34. The molecule has 1 aromatic carbocycles. The Bertz CT molecular complexity index is 416. The van der Waals surface area contributed by atoms with Gasteiger partial charge in [0.1, 0.15) is 6.07 Å². The molecule has 2 rings (SSSR count). The van der Waals surface area contributed by atoms with E-state index in [9.17, 15) is 0 Å². The predicted molar refractivity (Wildman–Crippen MR) is 74.6 cm³/mol. The molecule has 1 fully saturated rings. The van der Waals surface area contributed by atoms with Crippen LogP contribution in [0.4, 0.5) is 5.69 Å². The zero-order valence-electron chi connectivity index (χ0n) is 11.0. The van der Waals surface area contributed by atoms with Crippen LogP contribution in [0, 0.1) is 17.2 Å². The summed E-state index contributed by atoms with van der Waals surface area (Å²) in [4.78, 5) is 2.21. The first-order valence-corrected chi connectivity index (χ1v) is 6.72. The Morgan fingerprint density at radius 2 is 2.06 bits per heavy atom. The van der Waals surface area contributed by atoms with Crippen molar-refractivity contribution in [2.24, 2.45) is 5.92 Å². The van der Waals surface area contributed by atoms with E-state index in [2.05, 4.69) is 23.3 Å². The lowest BCUT2D eigenvalue weighted by Crippen LogP contribution is -2.30. The van der Waals surface area contributed by atoms with Crippen LogP contribution in [-0.2, 0) is 0 Å². The molecule has 0 amide bonds. The van der Waals surface area contributed by atoms with Gasteiger partial charge in [0.05, 0.1) is 11.3 Å². The van der Waals surface area contributed by atoms with E-state index < -0.39 is 0 Å². The van der Waals surface area contributed by atoms with Crippen LogP contribution in [0.3, 0.4) is 0 Å². The van der Waals surface area contributed by atoms with Crippen molar-refractivity contribution in [3.05, 3.63) is 29.8 Å². The standard InChI is InChI=1S/C15H21N3/c1-18(11-8-13-6-9-17-10-7-13)15-5-3-2-4-14(15)12-16/h2-5,13,17H,6-11H2,1H3. The number of anilines is 1. The highest BCUT2D eigenvalue weighted by Crippen LogP contribution is 2.21. The van der Waals surface area contributed by atoms with Crippen molar-refractivity contribution in [2.75, 3.05) is 31.6 Å². The number of benzene rings is 1. The molecule has 0 aromatic heterocycles. The molecule has 96 valence electrons. The summed E-state index contributed by atoms with van der Waals surface area (Å²) in [5.74, 6) is 0.836. The smallest absolute Gasteiger partial charge is 0.101 e. The van der Waals surface area contributed by atoms with Crippen LogP contribution in [0.5, 0.6) is 0 Å². The highest BCUT2D eigenvalue weighted by molar-refractivity contribution is 5.58. The molecule has 0 saturated carbocycles. The summed E-state index contributed by atoms with van der Waals surface area (Å²) in [6.07, 6.45) is 3.79. The Labute approximate surface area is 109 Å². The van der Waals surface area contributed by atoms with Gasteiger partial charge in [-0.2, -0.15) is 5.26 Å². The fourth-order valence-electron chi connectivity index (χ4n) is 2.57. The zero-order chi connectivity index (χ0) is 12.8. The molecule has 0 radical (unpaired) electrons. The quantitative estimate of drug-likeness (QED) is 0.882. The molecule has 1 aromatic rings. The number of nitriles is 1. The first kappa shape index (κ1) is 12.9. The first-order chi connectivity index (χ1) is 8.81. The van der Waals surface area contributed by atoms with E-state index in [1.807, 2.05) is 24.3 Å². The summed E-state index contributed by atoms with van der Waals surface area (Å²) in [5, 5.41) is 12.5. The van der Waals surface area contributed by atoms with E-state index in [-0.39, 0.29) is 0 Å². The van der Waals surface area contributed by atoms with Gasteiger partial charge in [0.15, 0.2) is 0 Å². The molecule has 3 nitrogen and oxygen atoms in total. The molecule has 1 saturated heterocycles. The van der Waals surface area contributed by atoms with Gasteiger partial charge < -0.3 is 10.2 Å². The van der Waals surface area contributed by atoms with Crippen LogP contribution in [0.15, 0.2) is 24.3 Å². The second-order valence-corrected chi connectivity index (χ2v) is 5.03. The number of nitrogens with zero attached hydrogens (tertiary/aromatic N) is 2. The van der Waals surface area contributed by atoms with Crippen molar-refractivity contribution in [1.29, 1.82) is 5.26 Å². The van der Waals surface area contributed by atoms with Crippen LogP contribution in [0.25, 0.3) is 0 Å². The SMILES string of the molecule is CN(CCC1CCNCC1)c1ccccc1C#N. The monoisotopic (exact) mass is 243 g/mol. The fraction of sp³-hybridized carbons (Fsp3) is 0.533. The molecular weight excluding hydrogens is 222 g/mol. The van der Waals surface area contributed by atoms with E-state index in [0.29, 0.717) is 0 Å². The van der Waals surface area contributed by atoms with Gasteiger partial charge in [-0.25, -0.2) is 0 Å². The molecule has 0 bridgehead atoms. The van der Waals surface area contributed by atoms with Crippen LogP contribution in [-0.4, -0.2) is 26.7 Å². The fourth-order valence-corrected chi connectivity index (χ4v) is 2.57. The van der Waals surface area contributed by atoms with Gasteiger partial charge in [0.25, 0.3) is 0 Å². The van der Waals surface area contributed by atoms with Crippen molar-refractivity contribution in [1.82, 2.24) is 5.32 Å². The zero-order valence-corrected chi connectivity index (χ0v) is 11.0. The number of para-hydroxylation sites is 1. The maximum absolute atomic E-state index is 9.10. The van der Waals surface area contributed by atoms with Gasteiger partial charge in [-0.05, 0) is 50.4 Å². The molecular formula is C15H21N3. The third-order valence-corrected chi connectivity index (χ3v) is 3.77. The number of rotatable bonds is 4. The second-order valence-electron chi connectivity index (χ2n) is 5.03. The van der Waals surface area contributed by atoms with Crippen LogP contribution in [0.1, 0.15) is 24.8 Å². The van der Waals surface area contributed by atoms with E-state index in [4.69, 9.17) is 5.26 Å². The molecule has 1 aliphatic rings. The lowest BCUT2D eigenvalue weighted by molar-refractivity contribution is 0.356. The van der Waals surface area contributed by atoms with Crippen molar-refractivity contribution in [2.45, 2.75) is 19.3 Å². The Hall–Kier alpha value is -1.53. The number of hydrogen-bond donors (Lipinski definition) is 1. The second kappa shape index (κ2) is 6.42. The maximum Gasteiger partial charge on any atom is 0.101 e. The van der Waals surface area contributed by atoms with Crippen molar-refractivity contribution < 1.29 is 0 Å². The molecule has 18 heavy (non-hydrogen) atoms. The van der Waals surface area contributed by atoms with Crippen LogP contribution < -0.4 is 10.2 Å². The largest absolute Gasteiger partial charge is 0.374 e. The number of piperidine rings is 1. The summed E-state index contributed by atoms with van der Waals surface area (Å²) >= 11 is 0. The van der Waals surface area contributed by atoms with E-state index in [1.54, 1.807) is 0 Å². The summed E-state index contributed by atoms with van der Waals surface area (Å²) in [7, 11) is 2.08. The summed E-state index contributed by atoms with van der Waals surface area (Å²) in [5.41, 5.74) is 1.82. The van der Waals surface area contributed by atoms with Crippen LogP contribution in [0.2, 0.25) is 0 Å². The third-order valence-electron chi connectivity index (χ3n) is 3.77. The number of nitrogens with one attached hydrogen (secondary N) is 1. The molecule has 1 N–H and O–H groups in total. The first-order valence-electron chi connectivity index (χ1n) is 6.72. The molecule has 0 unspecified atom stereocenters. The summed E-state index contributed by atoms with van der Waals surface area (Å²) in [6, 6.07) is 10.1. The predicted octanol–water partition coefficient (Wildman–Crippen LogP) is 2.38. The molecule has 0 spiro atoms. The molecule has 1 heterocycles. The molecule has 1 aliphatic heterocycles. The van der Waals surface area contributed by atoms with Crippen molar-refractivity contribution >= 4 is 5.69 Å². The van der Waals surface area contributed by atoms with Gasteiger partial charge >= 0.3 is 0 Å². The Morgan fingerprint density at radius 3 is 2.78 bits per heavy atom. The lowest BCUT2D eigenvalue weighted by atomic mass is 9.94. The Morgan fingerprint density at radius 1 is 1.33 bits per heavy atom. The lowest BCUT2D eigenvalue weighted by Gasteiger charge is -2.26. The van der Waals surface area contributed by atoms with E-state index in [0.717, 1.165) is 36.8 Å². The van der Waals surface area contributed by atoms with Gasteiger partial charge in [-0.3, -0.25) is 0 Å². The Balaban J connectivity index is 1.91. The van der Waals surface area contributed by atoms with Crippen LogP contribution >= 0.6 is 0 Å². The topological polar surface area (TPSA) is 39.1 Å². The molecule has 3 heteroatoms. The minimum Gasteiger partial charge on any atom is -0.374 e. The van der Waals surface area contributed by atoms with Gasteiger partial charge in [0, 0.05) is 13.6 Å². The van der Waals surface area contributed by atoms with E-state index in [1.165, 1.54) is 19.3 Å². The summed E-state index contributed by atoms with van der Waals surface area (Å²) < 4.78 is 0. The maximum atomic E-state index is 9.10. The van der Waals surface area contributed by atoms with Gasteiger partial charge in [-0.15, -0.1) is 0 Å². The van der Waals surface area contributed by atoms with Gasteiger partial charge in [-0.1, -0.05) is 12.1 Å². The van der Waals surface area contributed by atoms with Crippen molar-refractivity contribution in [3.63, 3.8) is 0 Å².